The maximum Gasteiger partial charge on any atom is 0.260 e. The fraction of sp³-hybridized carbons (Fsp3) is 0.533. The second-order valence-electron chi connectivity index (χ2n) is 5.11. The Hall–Kier alpha value is -1.71. The van der Waals surface area contributed by atoms with Gasteiger partial charge in [0.05, 0.1) is 5.69 Å². The van der Waals surface area contributed by atoms with E-state index in [9.17, 15) is 4.79 Å². The number of carbonyl (C=O) groups is 1. The first-order chi connectivity index (χ1) is 9.18. The highest BCUT2D eigenvalue weighted by Crippen LogP contribution is 2.21. The van der Waals surface area contributed by atoms with Crippen LogP contribution in [-0.2, 0) is 4.79 Å². The van der Waals surface area contributed by atoms with Gasteiger partial charge in [-0.25, -0.2) is 0 Å². The molecule has 0 aliphatic carbocycles. The summed E-state index contributed by atoms with van der Waals surface area (Å²) in [6.07, 6.45) is 4.58. The van der Waals surface area contributed by atoms with Gasteiger partial charge in [-0.05, 0) is 31.9 Å². The molecule has 4 nitrogen and oxygen atoms in total. The number of ether oxygens (including phenoxy) is 1. The van der Waals surface area contributed by atoms with Crippen molar-refractivity contribution in [2.45, 2.75) is 38.6 Å². The van der Waals surface area contributed by atoms with Crippen LogP contribution in [0.1, 0.15) is 32.6 Å². The van der Waals surface area contributed by atoms with E-state index in [0.29, 0.717) is 17.5 Å². The van der Waals surface area contributed by atoms with Crippen molar-refractivity contribution in [3.05, 3.63) is 24.3 Å². The Kier molecular flexibility index (Phi) is 4.66. The van der Waals surface area contributed by atoms with Gasteiger partial charge in [-0.2, -0.15) is 0 Å². The van der Waals surface area contributed by atoms with Gasteiger partial charge in [0.1, 0.15) is 5.75 Å². The van der Waals surface area contributed by atoms with Crippen molar-refractivity contribution in [3.8, 4) is 5.75 Å². The molecule has 4 heteroatoms. The molecule has 1 unspecified atom stereocenters. The molecular weight excluding hydrogens is 240 g/mol. The van der Waals surface area contributed by atoms with E-state index in [1.165, 1.54) is 12.8 Å². The molecule has 104 valence electrons. The topological polar surface area (TPSA) is 55.6 Å². The quantitative estimate of drug-likeness (QED) is 0.851. The number of hydrogen-bond acceptors (Lipinski definition) is 3. The van der Waals surface area contributed by atoms with Crippen LogP contribution in [0.4, 0.5) is 5.69 Å². The predicted octanol–water partition coefficient (Wildman–Crippen LogP) is 2.44. The summed E-state index contributed by atoms with van der Waals surface area (Å²) in [5.41, 5.74) is 6.36. The Balaban J connectivity index is 1.91. The zero-order valence-corrected chi connectivity index (χ0v) is 11.5. The summed E-state index contributed by atoms with van der Waals surface area (Å²) in [7, 11) is 0. The van der Waals surface area contributed by atoms with E-state index in [-0.39, 0.29) is 12.5 Å². The van der Waals surface area contributed by atoms with Crippen molar-refractivity contribution >= 4 is 11.6 Å². The van der Waals surface area contributed by atoms with Gasteiger partial charge in [0.15, 0.2) is 6.61 Å². The van der Waals surface area contributed by atoms with E-state index >= 15 is 0 Å². The number of likely N-dealkylation sites (tertiary alicyclic amines) is 1. The molecule has 1 aromatic carbocycles. The molecule has 1 aliphatic rings. The summed E-state index contributed by atoms with van der Waals surface area (Å²) in [6.45, 7) is 3.02. The third-order valence-electron chi connectivity index (χ3n) is 3.64. The number of carbonyl (C=O) groups excluding carboxylic acids is 1. The van der Waals surface area contributed by atoms with E-state index < -0.39 is 0 Å². The van der Waals surface area contributed by atoms with Gasteiger partial charge in [0.2, 0.25) is 0 Å². The fourth-order valence-corrected chi connectivity index (χ4v) is 2.48. The molecule has 19 heavy (non-hydrogen) atoms. The second-order valence-corrected chi connectivity index (χ2v) is 5.11. The largest absolute Gasteiger partial charge is 0.482 e. The molecule has 1 atom stereocenters. The number of anilines is 1. The lowest BCUT2D eigenvalue weighted by Gasteiger charge is -2.27. The normalized spacial score (nSPS) is 19.8. The van der Waals surface area contributed by atoms with Crippen molar-refractivity contribution in [1.82, 2.24) is 4.90 Å². The Labute approximate surface area is 114 Å². The molecule has 1 aliphatic heterocycles. The third-order valence-corrected chi connectivity index (χ3v) is 3.64. The fourth-order valence-electron chi connectivity index (χ4n) is 2.48. The maximum absolute atomic E-state index is 12.2. The minimum absolute atomic E-state index is 0.0534. The maximum atomic E-state index is 12.2. The van der Waals surface area contributed by atoms with Crippen molar-refractivity contribution in [2.75, 3.05) is 18.9 Å². The Morgan fingerprint density at radius 3 is 2.95 bits per heavy atom. The highest BCUT2D eigenvalue weighted by atomic mass is 16.5. The minimum atomic E-state index is 0.0534. The van der Waals surface area contributed by atoms with E-state index in [2.05, 4.69) is 6.92 Å². The lowest BCUT2D eigenvalue weighted by molar-refractivity contribution is -0.135. The average molecular weight is 262 g/mol. The van der Waals surface area contributed by atoms with Gasteiger partial charge in [0.25, 0.3) is 5.91 Å². The van der Waals surface area contributed by atoms with Crippen LogP contribution in [0.25, 0.3) is 0 Å². The lowest BCUT2D eigenvalue weighted by atomic mass is 10.1. The number of amides is 1. The number of benzene rings is 1. The summed E-state index contributed by atoms with van der Waals surface area (Å²) in [5, 5.41) is 0. The molecule has 2 rings (SSSR count). The summed E-state index contributed by atoms with van der Waals surface area (Å²) >= 11 is 0. The van der Waals surface area contributed by atoms with Crippen molar-refractivity contribution < 1.29 is 9.53 Å². The zero-order valence-electron chi connectivity index (χ0n) is 11.5. The first-order valence-corrected chi connectivity index (χ1v) is 6.95. The Morgan fingerprint density at radius 2 is 2.16 bits per heavy atom. The molecule has 0 bridgehead atoms. The molecule has 1 heterocycles. The van der Waals surface area contributed by atoms with Gasteiger partial charge < -0.3 is 15.4 Å². The number of hydrogen-bond donors (Lipinski definition) is 1. The Bertz CT molecular complexity index is 434. The summed E-state index contributed by atoms with van der Waals surface area (Å²) in [4.78, 5) is 14.1. The summed E-state index contributed by atoms with van der Waals surface area (Å²) < 4.78 is 5.52. The molecule has 0 saturated carbocycles. The van der Waals surface area contributed by atoms with Crippen molar-refractivity contribution in [2.24, 2.45) is 0 Å². The number of para-hydroxylation sites is 2. The van der Waals surface area contributed by atoms with Gasteiger partial charge in [0, 0.05) is 12.6 Å². The Morgan fingerprint density at radius 1 is 1.37 bits per heavy atom. The van der Waals surface area contributed by atoms with Crippen LogP contribution in [0.2, 0.25) is 0 Å². The van der Waals surface area contributed by atoms with Gasteiger partial charge in [-0.1, -0.05) is 25.0 Å². The van der Waals surface area contributed by atoms with E-state index in [1.54, 1.807) is 12.1 Å². The SMILES string of the molecule is CC1CCCCCN1C(=O)COc1ccccc1N. The molecule has 2 N–H and O–H groups in total. The van der Waals surface area contributed by atoms with Gasteiger partial charge >= 0.3 is 0 Å². The standard InChI is InChI=1S/C15H22N2O2/c1-12-7-3-2-6-10-17(12)15(18)11-19-14-9-5-4-8-13(14)16/h4-5,8-9,12H,2-3,6-7,10-11,16H2,1H3. The first-order valence-electron chi connectivity index (χ1n) is 6.95. The molecule has 1 aromatic rings. The van der Waals surface area contributed by atoms with Gasteiger partial charge in [-0.3, -0.25) is 4.79 Å². The molecule has 1 fully saturated rings. The van der Waals surface area contributed by atoms with E-state index in [4.69, 9.17) is 10.5 Å². The van der Waals surface area contributed by atoms with Crippen LogP contribution in [0.5, 0.6) is 5.75 Å². The van der Waals surface area contributed by atoms with Crippen LogP contribution < -0.4 is 10.5 Å². The second kappa shape index (κ2) is 6.45. The highest BCUT2D eigenvalue weighted by Gasteiger charge is 2.22. The third kappa shape index (κ3) is 3.63. The molecule has 0 aromatic heterocycles. The van der Waals surface area contributed by atoms with Crippen molar-refractivity contribution in [1.29, 1.82) is 0 Å². The monoisotopic (exact) mass is 262 g/mol. The smallest absolute Gasteiger partial charge is 0.260 e. The van der Waals surface area contributed by atoms with E-state index in [0.717, 1.165) is 19.4 Å². The molecule has 1 amide bonds. The van der Waals surface area contributed by atoms with Crippen LogP contribution in [0, 0.1) is 0 Å². The van der Waals surface area contributed by atoms with Gasteiger partial charge in [-0.15, -0.1) is 0 Å². The molecule has 0 radical (unpaired) electrons. The molecular formula is C15H22N2O2. The minimum Gasteiger partial charge on any atom is -0.482 e. The summed E-state index contributed by atoms with van der Waals surface area (Å²) in [6, 6.07) is 7.57. The predicted molar refractivity (Wildman–Crippen MR) is 76.0 cm³/mol. The number of rotatable bonds is 3. The van der Waals surface area contributed by atoms with Crippen LogP contribution >= 0.6 is 0 Å². The highest BCUT2D eigenvalue weighted by molar-refractivity contribution is 5.78. The molecule has 0 spiro atoms. The number of nitrogens with two attached hydrogens (primary N) is 1. The van der Waals surface area contributed by atoms with E-state index in [1.807, 2.05) is 17.0 Å². The molecule has 1 saturated heterocycles. The van der Waals surface area contributed by atoms with Crippen molar-refractivity contribution in [3.63, 3.8) is 0 Å². The lowest BCUT2D eigenvalue weighted by Crippen LogP contribution is -2.41. The number of nitrogens with zero attached hydrogens (tertiary/aromatic N) is 1. The first kappa shape index (κ1) is 13.7. The van der Waals surface area contributed by atoms with Crippen LogP contribution in [0.3, 0.4) is 0 Å². The zero-order chi connectivity index (χ0) is 13.7. The van der Waals surface area contributed by atoms with Crippen LogP contribution in [-0.4, -0.2) is 30.0 Å². The number of nitrogen functional groups attached to an aromatic ring is 1. The average Bonchev–Trinajstić information content (AvgIpc) is 2.62. The summed E-state index contributed by atoms with van der Waals surface area (Å²) in [5.74, 6) is 0.635. The van der Waals surface area contributed by atoms with Crippen LogP contribution in [0.15, 0.2) is 24.3 Å².